The van der Waals surface area contributed by atoms with Crippen LogP contribution in [0, 0.1) is 0 Å². The first-order valence-corrected chi connectivity index (χ1v) is 9.98. The quantitative estimate of drug-likeness (QED) is 0.797. The Labute approximate surface area is 165 Å². The number of anilines is 1. The maximum atomic E-state index is 12.4. The smallest absolute Gasteiger partial charge is 0.253 e. The van der Waals surface area contributed by atoms with Gasteiger partial charge in [-0.05, 0) is 49.6 Å². The normalized spacial score (nSPS) is 24.2. The molecule has 0 aromatic heterocycles. The van der Waals surface area contributed by atoms with E-state index in [-0.39, 0.29) is 18.1 Å². The first-order valence-electron chi connectivity index (χ1n) is 9.60. The summed E-state index contributed by atoms with van der Waals surface area (Å²) in [5.74, 6) is 0.0454. The molecule has 0 radical (unpaired) electrons. The van der Waals surface area contributed by atoms with Crippen LogP contribution in [0.5, 0.6) is 0 Å². The third-order valence-corrected chi connectivity index (χ3v) is 6.03. The minimum atomic E-state index is -0.251. The van der Waals surface area contributed by atoms with Gasteiger partial charge in [-0.15, -0.1) is 0 Å². The summed E-state index contributed by atoms with van der Waals surface area (Å²) in [4.78, 5) is 16.8. The molecule has 2 heterocycles. The summed E-state index contributed by atoms with van der Waals surface area (Å²) in [6.07, 6.45) is 2.96. The van der Waals surface area contributed by atoms with Gasteiger partial charge in [0, 0.05) is 23.8 Å². The summed E-state index contributed by atoms with van der Waals surface area (Å²) in [6.45, 7) is 3.63. The highest BCUT2D eigenvalue weighted by Gasteiger charge is 2.41. The highest BCUT2D eigenvalue weighted by atomic mass is 35.5. The van der Waals surface area contributed by atoms with Crippen LogP contribution in [0.2, 0.25) is 5.02 Å². The highest BCUT2D eigenvalue weighted by molar-refractivity contribution is 6.31. The van der Waals surface area contributed by atoms with Crippen molar-refractivity contribution in [2.24, 2.45) is 0 Å². The molecule has 4 rings (SSSR count). The van der Waals surface area contributed by atoms with Crippen molar-refractivity contribution in [3.05, 3.63) is 65.2 Å². The average molecular weight is 385 g/mol. The van der Waals surface area contributed by atoms with Crippen molar-refractivity contribution in [2.75, 3.05) is 31.1 Å². The number of halogens is 1. The van der Waals surface area contributed by atoms with E-state index in [4.69, 9.17) is 16.3 Å². The van der Waals surface area contributed by atoms with Crippen molar-refractivity contribution in [1.82, 2.24) is 4.90 Å². The minimum Gasteiger partial charge on any atom is -0.363 e. The van der Waals surface area contributed by atoms with Crippen molar-refractivity contribution in [3.63, 3.8) is 0 Å². The SMILES string of the molecule is O=C1COC2(CCCN(Cc3ccccc3Cl)CC2)CN1c1ccccc1. The Balaban J connectivity index is 1.45. The molecule has 1 atom stereocenters. The number of ether oxygens (including phenoxy) is 1. The standard InChI is InChI=1S/C22H25ClN2O2/c23-20-10-5-4-7-18(20)15-24-13-6-11-22(12-14-24)17-25(21(26)16-27-22)19-8-2-1-3-9-19/h1-5,7-10H,6,11-17H2. The van der Waals surface area contributed by atoms with E-state index in [1.54, 1.807) is 0 Å². The number of rotatable bonds is 3. The van der Waals surface area contributed by atoms with Crippen LogP contribution in [0.1, 0.15) is 24.8 Å². The molecular formula is C22H25ClN2O2. The fourth-order valence-electron chi connectivity index (χ4n) is 4.11. The van der Waals surface area contributed by atoms with Crippen LogP contribution >= 0.6 is 11.6 Å². The molecule has 27 heavy (non-hydrogen) atoms. The zero-order chi connectivity index (χ0) is 18.7. The summed E-state index contributed by atoms with van der Waals surface area (Å²) < 4.78 is 6.13. The van der Waals surface area contributed by atoms with E-state index in [0.717, 1.165) is 49.6 Å². The summed E-state index contributed by atoms with van der Waals surface area (Å²) in [7, 11) is 0. The molecule has 1 amide bonds. The topological polar surface area (TPSA) is 32.8 Å². The van der Waals surface area contributed by atoms with Crippen LogP contribution in [0.4, 0.5) is 5.69 Å². The van der Waals surface area contributed by atoms with Gasteiger partial charge in [-0.3, -0.25) is 9.69 Å². The average Bonchev–Trinajstić information content (AvgIpc) is 2.89. The van der Waals surface area contributed by atoms with Gasteiger partial charge in [0.15, 0.2) is 0 Å². The third-order valence-electron chi connectivity index (χ3n) is 5.66. The molecule has 2 aliphatic heterocycles. The van der Waals surface area contributed by atoms with E-state index in [9.17, 15) is 4.79 Å². The number of para-hydroxylation sites is 1. The van der Waals surface area contributed by atoms with E-state index >= 15 is 0 Å². The summed E-state index contributed by atoms with van der Waals surface area (Å²) in [5.41, 5.74) is 1.88. The van der Waals surface area contributed by atoms with Gasteiger partial charge in [-0.2, -0.15) is 0 Å². The Morgan fingerprint density at radius 2 is 1.78 bits per heavy atom. The Kier molecular flexibility index (Phi) is 5.48. The van der Waals surface area contributed by atoms with Crippen molar-refractivity contribution in [3.8, 4) is 0 Å². The number of hydrogen-bond donors (Lipinski definition) is 0. The number of benzene rings is 2. The van der Waals surface area contributed by atoms with Gasteiger partial charge in [0.05, 0.1) is 12.1 Å². The molecule has 4 nitrogen and oxygen atoms in total. The monoisotopic (exact) mass is 384 g/mol. The maximum absolute atomic E-state index is 12.4. The molecule has 2 fully saturated rings. The molecule has 0 N–H and O–H groups in total. The lowest BCUT2D eigenvalue weighted by molar-refractivity contribution is -0.140. The lowest BCUT2D eigenvalue weighted by Gasteiger charge is -2.42. The van der Waals surface area contributed by atoms with Gasteiger partial charge in [-0.1, -0.05) is 48.0 Å². The van der Waals surface area contributed by atoms with Crippen LogP contribution < -0.4 is 4.90 Å². The lowest BCUT2D eigenvalue weighted by atomic mass is 9.92. The van der Waals surface area contributed by atoms with Crippen molar-refractivity contribution in [1.29, 1.82) is 0 Å². The van der Waals surface area contributed by atoms with E-state index < -0.39 is 0 Å². The maximum Gasteiger partial charge on any atom is 0.253 e. The van der Waals surface area contributed by atoms with Gasteiger partial charge in [-0.25, -0.2) is 0 Å². The highest BCUT2D eigenvalue weighted by Crippen LogP contribution is 2.33. The first-order chi connectivity index (χ1) is 13.2. The summed E-state index contributed by atoms with van der Waals surface area (Å²) in [5, 5.41) is 0.825. The molecule has 0 bridgehead atoms. The molecule has 142 valence electrons. The minimum absolute atomic E-state index is 0.0454. The second-order valence-corrected chi connectivity index (χ2v) is 7.92. The van der Waals surface area contributed by atoms with E-state index in [1.807, 2.05) is 53.4 Å². The summed E-state index contributed by atoms with van der Waals surface area (Å²) in [6, 6.07) is 18.0. The van der Waals surface area contributed by atoms with Gasteiger partial charge >= 0.3 is 0 Å². The van der Waals surface area contributed by atoms with Crippen molar-refractivity contribution >= 4 is 23.2 Å². The molecule has 0 aliphatic carbocycles. The second-order valence-electron chi connectivity index (χ2n) is 7.51. The van der Waals surface area contributed by atoms with Gasteiger partial charge in [0.1, 0.15) is 6.61 Å². The molecule has 1 unspecified atom stereocenters. The Bertz CT molecular complexity index is 798. The Hall–Kier alpha value is -1.88. The van der Waals surface area contributed by atoms with Crippen LogP contribution in [0.25, 0.3) is 0 Å². The molecule has 2 saturated heterocycles. The number of amides is 1. The summed E-state index contributed by atoms with van der Waals surface area (Å²) >= 11 is 6.33. The largest absolute Gasteiger partial charge is 0.363 e. The van der Waals surface area contributed by atoms with Gasteiger partial charge < -0.3 is 9.64 Å². The number of morpholine rings is 1. The number of hydrogen-bond acceptors (Lipinski definition) is 3. The van der Waals surface area contributed by atoms with Gasteiger partial charge in [0.25, 0.3) is 5.91 Å². The number of carbonyl (C=O) groups excluding carboxylic acids is 1. The van der Waals surface area contributed by atoms with Crippen LogP contribution in [0.15, 0.2) is 54.6 Å². The van der Waals surface area contributed by atoms with Crippen LogP contribution in [-0.2, 0) is 16.1 Å². The molecule has 5 heteroatoms. The first kappa shape index (κ1) is 18.5. The number of nitrogens with zero attached hydrogens (tertiary/aromatic N) is 2. The third kappa shape index (κ3) is 4.18. The lowest BCUT2D eigenvalue weighted by Crippen LogP contribution is -2.55. The molecular weight excluding hydrogens is 360 g/mol. The molecule has 1 spiro atoms. The van der Waals surface area contributed by atoms with E-state index in [1.165, 1.54) is 5.56 Å². The molecule has 2 aromatic rings. The fourth-order valence-corrected chi connectivity index (χ4v) is 4.31. The molecule has 0 saturated carbocycles. The second kappa shape index (κ2) is 8.01. The fraction of sp³-hybridized carbons (Fsp3) is 0.409. The molecule has 2 aliphatic rings. The number of carbonyl (C=O) groups is 1. The van der Waals surface area contributed by atoms with E-state index in [0.29, 0.717) is 6.54 Å². The van der Waals surface area contributed by atoms with Crippen LogP contribution in [-0.4, -0.2) is 42.6 Å². The van der Waals surface area contributed by atoms with E-state index in [2.05, 4.69) is 11.0 Å². The number of likely N-dealkylation sites (tertiary alicyclic amines) is 1. The van der Waals surface area contributed by atoms with Crippen LogP contribution in [0.3, 0.4) is 0 Å². The van der Waals surface area contributed by atoms with Crippen molar-refractivity contribution in [2.45, 2.75) is 31.4 Å². The zero-order valence-corrected chi connectivity index (χ0v) is 16.2. The predicted molar refractivity (Wildman–Crippen MR) is 108 cm³/mol. The Morgan fingerprint density at radius 1 is 1.00 bits per heavy atom. The Morgan fingerprint density at radius 3 is 2.59 bits per heavy atom. The van der Waals surface area contributed by atoms with Crippen molar-refractivity contribution < 1.29 is 9.53 Å². The predicted octanol–water partition coefficient (Wildman–Crippen LogP) is 4.13. The van der Waals surface area contributed by atoms with Gasteiger partial charge in [0.2, 0.25) is 0 Å². The zero-order valence-electron chi connectivity index (χ0n) is 15.4. The molecule has 2 aromatic carbocycles.